The third-order valence-electron chi connectivity index (χ3n) is 3.65. The second-order valence-corrected chi connectivity index (χ2v) is 5.21. The summed E-state index contributed by atoms with van der Waals surface area (Å²) in [6.45, 7) is 1.91. The number of esters is 1. The molecule has 0 bridgehead atoms. The summed E-state index contributed by atoms with van der Waals surface area (Å²) in [6, 6.07) is 13.7. The number of rotatable bonds is 5. The monoisotopic (exact) mass is 339 g/mol. The van der Waals surface area contributed by atoms with Gasteiger partial charge in [0.2, 0.25) is 5.76 Å². The van der Waals surface area contributed by atoms with Gasteiger partial charge in [-0.15, -0.1) is 0 Å². The number of methoxy groups -OCH3 is 1. The Morgan fingerprint density at radius 2 is 1.80 bits per heavy atom. The molecule has 6 nitrogen and oxygen atoms in total. The normalized spacial score (nSPS) is 10.5. The summed E-state index contributed by atoms with van der Waals surface area (Å²) in [5.74, 6) is -0.356. The van der Waals surface area contributed by atoms with E-state index in [0.717, 1.165) is 0 Å². The fourth-order valence-corrected chi connectivity index (χ4v) is 2.44. The lowest BCUT2D eigenvalue weighted by atomic mass is 10.1. The van der Waals surface area contributed by atoms with Crippen molar-refractivity contribution in [3.63, 3.8) is 0 Å². The molecule has 3 aromatic rings. The molecular weight excluding hydrogens is 322 g/mol. The SMILES string of the molecule is CCOC(=O)c1oc2ccccc2c1NC(=O)c1ccc(OC)cc1. The predicted octanol–water partition coefficient (Wildman–Crippen LogP) is 3.87. The van der Waals surface area contributed by atoms with E-state index >= 15 is 0 Å². The van der Waals surface area contributed by atoms with E-state index in [0.29, 0.717) is 28.0 Å². The van der Waals surface area contributed by atoms with E-state index in [1.165, 1.54) is 0 Å². The number of hydrogen-bond donors (Lipinski definition) is 1. The quantitative estimate of drug-likeness (QED) is 0.714. The number of ether oxygens (including phenoxy) is 2. The van der Waals surface area contributed by atoms with Crippen LogP contribution in [-0.4, -0.2) is 25.6 Å². The summed E-state index contributed by atoms with van der Waals surface area (Å²) < 4.78 is 15.7. The van der Waals surface area contributed by atoms with Gasteiger partial charge in [0, 0.05) is 10.9 Å². The molecule has 128 valence electrons. The highest BCUT2D eigenvalue weighted by molar-refractivity contribution is 6.13. The number of furan rings is 1. The van der Waals surface area contributed by atoms with Gasteiger partial charge in [-0.25, -0.2) is 4.79 Å². The van der Waals surface area contributed by atoms with Crippen LogP contribution in [0.15, 0.2) is 52.9 Å². The molecular formula is C19H17NO5. The molecule has 1 aromatic heterocycles. The molecule has 6 heteroatoms. The number of carbonyl (C=O) groups is 2. The minimum atomic E-state index is -0.622. The van der Waals surface area contributed by atoms with Crippen LogP contribution in [-0.2, 0) is 4.74 Å². The second kappa shape index (κ2) is 7.09. The Morgan fingerprint density at radius 1 is 1.08 bits per heavy atom. The van der Waals surface area contributed by atoms with E-state index in [1.54, 1.807) is 62.6 Å². The molecule has 0 unspecified atom stereocenters. The van der Waals surface area contributed by atoms with Gasteiger partial charge in [0.1, 0.15) is 17.0 Å². The van der Waals surface area contributed by atoms with Crippen molar-refractivity contribution in [1.29, 1.82) is 0 Å². The lowest BCUT2D eigenvalue weighted by molar-refractivity contribution is 0.0494. The van der Waals surface area contributed by atoms with Crippen molar-refractivity contribution in [1.82, 2.24) is 0 Å². The van der Waals surface area contributed by atoms with E-state index in [4.69, 9.17) is 13.9 Å². The van der Waals surface area contributed by atoms with E-state index < -0.39 is 5.97 Å². The smallest absolute Gasteiger partial charge is 0.376 e. The lowest BCUT2D eigenvalue weighted by Gasteiger charge is -2.07. The minimum Gasteiger partial charge on any atom is -0.497 e. The number of nitrogens with one attached hydrogen (secondary N) is 1. The Kier molecular flexibility index (Phi) is 4.70. The van der Waals surface area contributed by atoms with Crippen LogP contribution in [0.1, 0.15) is 27.8 Å². The van der Waals surface area contributed by atoms with E-state index in [9.17, 15) is 9.59 Å². The third kappa shape index (κ3) is 3.33. The Hall–Kier alpha value is -3.28. The maximum atomic E-state index is 12.5. The van der Waals surface area contributed by atoms with Crippen LogP contribution in [0.25, 0.3) is 11.0 Å². The van der Waals surface area contributed by atoms with Gasteiger partial charge in [0.25, 0.3) is 5.91 Å². The van der Waals surface area contributed by atoms with Crippen molar-refractivity contribution < 1.29 is 23.5 Å². The lowest BCUT2D eigenvalue weighted by Crippen LogP contribution is -2.14. The number of para-hydroxylation sites is 1. The van der Waals surface area contributed by atoms with Crippen LogP contribution in [0.3, 0.4) is 0 Å². The zero-order valence-electron chi connectivity index (χ0n) is 13.9. The average Bonchev–Trinajstić information content (AvgIpc) is 3.01. The van der Waals surface area contributed by atoms with E-state index in [-0.39, 0.29) is 18.3 Å². The van der Waals surface area contributed by atoms with Crippen LogP contribution in [0, 0.1) is 0 Å². The summed E-state index contributed by atoms with van der Waals surface area (Å²) in [5.41, 5.74) is 1.23. The van der Waals surface area contributed by atoms with E-state index in [1.807, 2.05) is 0 Å². The summed E-state index contributed by atoms with van der Waals surface area (Å²) >= 11 is 0. The van der Waals surface area contributed by atoms with Crippen molar-refractivity contribution in [3.8, 4) is 5.75 Å². The number of hydrogen-bond acceptors (Lipinski definition) is 5. The largest absolute Gasteiger partial charge is 0.497 e. The molecule has 0 fully saturated rings. The zero-order valence-corrected chi connectivity index (χ0v) is 13.9. The van der Waals surface area contributed by atoms with Crippen molar-refractivity contribution in [2.75, 3.05) is 19.0 Å². The molecule has 0 aliphatic carbocycles. The summed E-state index contributed by atoms with van der Waals surface area (Å²) in [4.78, 5) is 24.7. The Labute approximate surface area is 144 Å². The van der Waals surface area contributed by atoms with Crippen LogP contribution in [0.4, 0.5) is 5.69 Å². The maximum Gasteiger partial charge on any atom is 0.376 e. The molecule has 0 spiro atoms. The summed E-state index contributed by atoms with van der Waals surface area (Å²) in [6.07, 6.45) is 0. The molecule has 0 aliphatic rings. The number of carbonyl (C=O) groups excluding carboxylic acids is 2. The van der Waals surface area contributed by atoms with Crippen molar-refractivity contribution in [2.24, 2.45) is 0 Å². The van der Waals surface area contributed by atoms with Crippen molar-refractivity contribution in [3.05, 3.63) is 59.9 Å². The maximum absolute atomic E-state index is 12.5. The number of benzene rings is 2. The fourth-order valence-electron chi connectivity index (χ4n) is 2.44. The topological polar surface area (TPSA) is 77.8 Å². The van der Waals surface area contributed by atoms with Crippen LogP contribution < -0.4 is 10.1 Å². The Morgan fingerprint density at radius 3 is 2.48 bits per heavy atom. The van der Waals surface area contributed by atoms with Crippen molar-refractivity contribution >= 4 is 28.5 Å². The summed E-state index contributed by atoms with van der Waals surface area (Å²) in [7, 11) is 1.55. The first kappa shape index (κ1) is 16.6. The average molecular weight is 339 g/mol. The molecule has 1 amide bonds. The van der Waals surface area contributed by atoms with Crippen LogP contribution in [0.5, 0.6) is 5.75 Å². The second-order valence-electron chi connectivity index (χ2n) is 5.21. The van der Waals surface area contributed by atoms with Crippen molar-refractivity contribution in [2.45, 2.75) is 6.92 Å². The highest BCUT2D eigenvalue weighted by atomic mass is 16.5. The predicted molar refractivity (Wildman–Crippen MR) is 93.1 cm³/mol. The molecule has 25 heavy (non-hydrogen) atoms. The Bertz CT molecular complexity index is 911. The standard InChI is InChI=1S/C19H17NO5/c1-3-24-19(22)17-16(14-6-4-5-7-15(14)25-17)20-18(21)12-8-10-13(23-2)11-9-12/h4-11H,3H2,1-2H3,(H,20,21). The number of fused-ring (bicyclic) bond motifs is 1. The first-order chi connectivity index (χ1) is 12.1. The minimum absolute atomic E-state index is 0.0232. The first-order valence-corrected chi connectivity index (χ1v) is 7.78. The van der Waals surface area contributed by atoms with Crippen LogP contribution in [0.2, 0.25) is 0 Å². The van der Waals surface area contributed by atoms with E-state index in [2.05, 4.69) is 5.32 Å². The molecule has 1 N–H and O–H groups in total. The molecule has 0 radical (unpaired) electrons. The molecule has 0 atom stereocenters. The van der Waals surface area contributed by atoms with Gasteiger partial charge < -0.3 is 19.2 Å². The van der Waals surface area contributed by atoms with Gasteiger partial charge >= 0.3 is 5.97 Å². The van der Waals surface area contributed by atoms with Crippen LogP contribution >= 0.6 is 0 Å². The Balaban J connectivity index is 1.97. The molecule has 2 aromatic carbocycles. The molecule has 0 aliphatic heterocycles. The molecule has 0 saturated carbocycles. The molecule has 3 rings (SSSR count). The highest BCUT2D eigenvalue weighted by Crippen LogP contribution is 2.31. The fraction of sp³-hybridized carbons (Fsp3) is 0.158. The molecule has 0 saturated heterocycles. The van der Waals surface area contributed by atoms with Gasteiger partial charge in [-0.1, -0.05) is 12.1 Å². The van der Waals surface area contributed by atoms with Gasteiger partial charge in [-0.05, 0) is 43.3 Å². The molecule has 1 heterocycles. The highest BCUT2D eigenvalue weighted by Gasteiger charge is 2.23. The number of anilines is 1. The van der Waals surface area contributed by atoms with Gasteiger partial charge in [0.05, 0.1) is 13.7 Å². The summed E-state index contributed by atoms with van der Waals surface area (Å²) in [5, 5.41) is 3.38. The zero-order chi connectivity index (χ0) is 17.8. The first-order valence-electron chi connectivity index (χ1n) is 7.78. The van der Waals surface area contributed by atoms with Gasteiger partial charge in [0.15, 0.2) is 0 Å². The van der Waals surface area contributed by atoms with Gasteiger partial charge in [-0.2, -0.15) is 0 Å². The van der Waals surface area contributed by atoms with Gasteiger partial charge in [-0.3, -0.25) is 4.79 Å². The number of amides is 1. The third-order valence-corrected chi connectivity index (χ3v) is 3.65.